The quantitative estimate of drug-likeness (QED) is 0.0115. The number of nitrogens with one attached hydrogen (secondary N) is 2. The van der Waals surface area contributed by atoms with Gasteiger partial charge in [0.25, 0.3) is 0 Å². The number of halogens is 1. The van der Waals surface area contributed by atoms with Gasteiger partial charge in [-0.05, 0) is 108 Å². The lowest BCUT2D eigenvalue weighted by atomic mass is 9.72. The average molecular weight is 1560 g/mol. The molecule has 2 bridgehead atoms. The third-order valence-corrected chi connectivity index (χ3v) is 23.9. The van der Waals surface area contributed by atoms with Crippen molar-refractivity contribution in [1.82, 2.24) is 10.8 Å². The number of aliphatic hydroxyl groups is 5. The van der Waals surface area contributed by atoms with Gasteiger partial charge in [-0.25, -0.2) is 0 Å². The number of aliphatic hydroxyl groups excluding tert-OH is 4. The molecule has 7 rings (SSSR count). The molecule has 20 atom stereocenters. The molecule has 0 saturated carbocycles. The van der Waals surface area contributed by atoms with Gasteiger partial charge in [-0.2, -0.15) is 5.48 Å². The summed E-state index contributed by atoms with van der Waals surface area (Å²) in [5, 5.41) is 69.9. The molecule has 1 aromatic carbocycles. The van der Waals surface area contributed by atoms with Crippen molar-refractivity contribution in [2.45, 2.75) is 245 Å². The van der Waals surface area contributed by atoms with Gasteiger partial charge in [-0.1, -0.05) is 82.9 Å². The van der Waals surface area contributed by atoms with Gasteiger partial charge in [0.2, 0.25) is 17.2 Å². The maximum Gasteiger partial charge on any atom is 0.320 e. The van der Waals surface area contributed by atoms with Crippen LogP contribution >= 0.6 is 55.9 Å². The number of fused-ring (bicyclic) bond motifs is 2. The van der Waals surface area contributed by atoms with Gasteiger partial charge in [0, 0.05) is 67.1 Å². The van der Waals surface area contributed by atoms with E-state index < -0.39 is 156 Å². The number of ether oxygens (including phenoxy) is 12. The summed E-state index contributed by atoms with van der Waals surface area (Å²) in [6, 6.07) is -2.26. The van der Waals surface area contributed by atoms with Crippen LogP contribution in [0.4, 0.5) is 0 Å². The van der Waals surface area contributed by atoms with Crippen LogP contribution in [-0.2, 0) is 66.6 Å². The molecule has 2 aliphatic carbocycles. The summed E-state index contributed by atoms with van der Waals surface area (Å²) in [5.41, 5.74) is 7.07. The van der Waals surface area contributed by atoms with Gasteiger partial charge >= 0.3 is 11.9 Å². The van der Waals surface area contributed by atoms with Gasteiger partial charge in [-0.15, -0.1) is 0 Å². The van der Waals surface area contributed by atoms with Crippen LogP contribution in [0.5, 0.6) is 17.2 Å². The lowest BCUT2D eigenvalue weighted by Gasteiger charge is -2.46. The van der Waals surface area contributed by atoms with Crippen molar-refractivity contribution in [3.8, 4) is 40.9 Å². The molecule has 27 nitrogen and oxygen atoms in total. The number of carboxylic acid groups (broad SMARTS) is 1. The van der Waals surface area contributed by atoms with Crippen LogP contribution in [0.25, 0.3) is 0 Å². The number of benzene rings is 1. The van der Waals surface area contributed by atoms with Crippen LogP contribution < -0.4 is 30.7 Å². The van der Waals surface area contributed by atoms with E-state index in [0.29, 0.717) is 60.6 Å². The fourth-order valence-electron chi connectivity index (χ4n) is 12.4. The number of hydrogen-bond acceptors (Lipinski definition) is 29. The van der Waals surface area contributed by atoms with E-state index in [0.717, 1.165) is 11.8 Å². The highest BCUT2D eigenvalue weighted by Gasteiger charge is 2.52. The molecule has 0 amide bonds. The number of Topliss-reactive ketones (excluding diaryl/α,β-unsaturated/α-hetero) is 2. The Labute approximate surface area is 603 Å². The van der Waals surface area contributed by atoms with E-state index in [-0.39, 0.29) is 76.6 Å². The van der Waals surface area contributed by atoms with Crippen LogP contribution in [0.1, 0.15) is 128 Å². The monoisotopic (exact) mass is 1560 g/mol. The Morgan fingerprint density at radius 1 is 0.869 bits per heavy atom. The van der Waals surface area contributed by atoms with Crippen molar-refractivity contribution in [2.24, 2.45) is 5.73 Å². The van der Waals surface area contributed by atoms with Crippen molar-refractivity contribution < 1.29 is 116 Å². The van der Waals surface area contributed by atoms with Gasteiger partial charge in [-0.3, -0.25) is 28.8 Å². The van der Waals surface area contributed by atoms with E-state index >= 15 is 0 Å². The molecule has 4 fully saturated rings. The normalized spacial score (nSPS) is 32.8. The number of allylic oxidation sites excluding steroid dienone is 2. The number of likely N-dealkylation sites (N-methyl/N-ethyl adjacent to an activating group) is 1. The summed E-state index contributed by atoms with van der Waals surface area (Å²) in [5.74, 6) is 9.68. The number of aliphatic carboxylic acids is 1. The Balaban J connectivity index is 1.10. The summed E-state index contributed by atoms with van der Waals surface area (Å²) in [6.45, 7) is 13.4. The number of hydrogen-bond donors (Lipinski definition) is 9. The summed E-state index contributed by atoms with van der Waals surface area (Å²) in [6.07, 6.45) is -10.3. The molecule has 0 aromatic heterocycles. The number of carboxylic acids is 1. The minimum atomic E-state index is -2.12. The Bertz CT molecular complexity index is 3200. The van der Waals surface area contributed by atoms with E-state index in [1.54, 1.807) is 40.9 Å². The second-order valence-corrected chi connectivity index (χ2v) is 30.8. The predicted octanol–water partition coefficient (Wildman–Crippen LogP) is 4.66. The minimum absolute atomic E-state index is 0.0140. The molecule has 31 heteroatoms. The Hall–Kier alpha value is -3.99. The van der Waals surface area contributed by atoms with Crippen LogP contribution in [-0.4, -0.2) is 240 Å². The predicted molar refractivity (Wildman–Crippen MR) is 374 cm³/mol. The largest absolute Gasteiger partial charge is 0.492 e. The Morgan fingerprint density at radius 3 is 2.25 bits per heavy atom. The molecular weight excluding hydrogens is 1470 g/mol. The lowest BCUT2D eigenvalue weighted by molar-refractivity contribution is -0.336. The van der Waals surface area contributed by atoms with Gasteiger partial charge in [0.05, 0.1) is 97.8 Å². The molecule has 0 radical (unpaired) electrons. The Morgan fingerprint density at radius 2 is 1.59 bits per heavy atom. The van der Waals surface area contributed by atoms with E-state index in [1.807, 2.05) is 43.4 Å². The van der Waals surface area contributed by atoms with Crippen molar-refractivity contribution in [3.05, 3.63) is 49.6 Å². The number of methoxy groups -OCH3 is 5. The zero-order valence-electron chi connectivity index (χ0n) is 57.8. The second-order valence-electron chi connectivity index (χ2n) is 25.5. The van der Waals surface area contributed by atoms with Crippen molar-refractivity contribution in [2.75, 3.05) is 54.5 Å². The number of nitrogens with two attached hydrogens (primary N) is 1. The fourth-order valence-corrected chi connectivity index (χ4v) is 16.6. The van der Waals surface area contributed by atoms with E-state index in [4.69, 9.17) is 72.5 Å². The number of ketones is 2. The highest BCUT2D eigenvalue weighted by Crippen LogP contribution is 2.50. The van der Waals surface area contributed by atoms with Crippen molar-refractivity contribution in [3.63, 3.8) is 0 Å². The molecule has 1 aromatic rings. The standard InChI is InChI=1S/C68H96IN3O24S3/c1-13-71-42-33-89-48(31-46(42)84-8)94-60-55(78)53(72-96-49-30-43(74)62(37(5)90-49)98-64(82)50-34(2)52(69)58(61(88-12)57(50)86-10)95-65-56(79)59(87-11)54(77)36(4)92-65)35(3)91-66(60)93-45-23-19-14-15-20-26-68(83)32-44(75)39(29-47(76)85-9)51(45)40(68)25-28-97-99-67(6,7)27-24-38(73)21-17-16-18-22-41(70)63(80)81/h14-15,25,35-37,41-43,45-46,48-49,53-56,59-60,62,65-66,71-72,74,77-79,83H,13,16-18,21-22,24,27-33,70H2,1-12H3,(H,80,81)/b15-14-,40-25+/t35-,36+,37-,41+,42+,43+,45+,46+,48+,49+,53-,54+,55+,56-,59-,60-,62-,65+,66+,68+/m1/s1. The molecule has 4 heterocycles. The molecule has 0 unspecified atom stereocenters. The van der Waals surface area contributed by atoms with Crippen LogP contribution in [0, 0.1) is 34.2 Å². The second kappa shape index (κ2) is 38.1. The first-order valence-corrected chi connectivity index (χ1v) is 37.2. The maximum absolute atomic E-state index is 14.5. The zero-order chi connectivity index (χ0) is 72.6. The number of carbonyl (C=O) groups is 5. The molecule has 552 valence electrons. The van der Waals surface area contributed by atoms with Gasteiger partial charge < -0.3 is 98.5 Å². The molecule has 99 heavy (non-hydrogen) atoms. The maximum atomic E-state index is 14.5. The highest BCUT2D eigenvalue weighted by atomic mass is 127. The van der Waals surface area contributed by atoms with Crippen LogP contribution in [0.2, 0.25) is 0 Å². The first-order valence-electron chi connectivity index (χ1n) is 32.9. The third kappa shape index (κ3) is 21.1. The molecule has 4 aliphatic heterocycles. The third-order valence-electron chi connectivity index (χ3n) is 18.0. The molecule has 6 aliphatic rings. The summed E-state index contributed by atoms with van der Waals surface area (Å²) in [7, 11) is 9.76. The van der Waals surface area contributed by atoms with Crippen LogP contribution in [0.15, 0.2) is 34.9 Å². The minimum Gasteiger partial charge on any atom is -0.492 e. The Kier molecular flexibility index (Phi) is 31.7. The van der Waals surface area contributed by atoms with E-state index in [9.17, 15) is 49.5 Å². The van der Waals surface area contributed by atoms with E-state index in [1.165, 1.54) is 62.2 Å². The first-order chi connectivity index (χ1) is 47.0. The molecular formula is C68H96IN3O24S3. The molecule has 0 spiro atoms. The number of unbranched alkanes of at least 4 members (excludes halogenated alkanes) is 2. The van der Waals surface area contributed by atoms with Gasteiger partial charge in [0.1, 0.15) is 48.4 Å². The van der Waals surface area contributed by atoms with Crippen molar-refractivity contribution in [1.29, 1.82) is 0 Å². The number of rotatable bonds is 33. The highest BCUT2D eigenvalue weighted by molar-refractivity contribution is 14.1. The van der Waals surface area contributed by atoms with Crippen molar-refractivity contribution >= 4 is 84.6 Å². The molecule has 4 saturated heterocycles. The number of hydroxylamine groups is 1. The summed E-state index contributed by atoms with van der Waals surface area (Å²) >= 11 is 2.81. The van der Waals surface area contributed by atoms with Gasteiger partial charge in [0.15, 0.2) is 41.8 Å². The number of esters is 1. The number of carbonyl (C=O) groups excluding carboxylic acids is 4. The fraction of sp³-hybridized carbons (Fsp3) is 0.691. The summed E-state index contributed by atoms with van der Waals surface area (Å²) < 4.78 is 72.8. The summed E-state index contributed by atoms with van der Waals surface area (Å²) in [4.78, 5) is 72.5. The van der Waals surface area contributed by atoms with Crippen LogP contribution in [0.3, 0.4) is 0 Å². The lowest BCUT2D eigenvalue weighted by Crippen LogP contribution is -2.65. The first kappa shape index (κ1) is 82.3. The average Bonchev–Trinajstić information content (AvgIpc) is 0.760. The number of thioether (sulfide) groups is 1. The SMILES string of the molecule is CCN[C@H]1CO[C@@H](O[C@H]2[C@H](O[C@H]3C#C/C=C\C#C[C@]4(O)CC(=O)C(CC(=O)OC)=C3/C4=C\CSSC(C)(C)CCC(=O)CCCCC[C@H](N)C(=O)O)O[C@H](C)[C@@H](NO[C@H]3C[C@H](O)[C@H](SC(=O)c4c(C)c(I)c(O[C@@H]5O[C@@H](C)[C@H](O)[C@@H](OC)[C@H]5O)c(OC)c4OC)[C@@H](C)O3)[C@@H]2O)C[C@@H]1OC. The topological polar surface area (TPSA) is 377 Å². The zero-order valence-corrected chi connectivity index (χ0v) is 62.4. The van der Waals surface area contributed by atoms with E-state index in [2.05, 4.69) is 34.5 Å². The molecule has 10 N–H and O–H groups in total. The smallest absolute Gasteiger partial charge is 0.320 e.